The highest BCUT2D eigenvalue weighted by molar-refractivity contribution is 7.85. The Morgan fingerprint density at radius 1 is 1.20 bits per heavy atom. The lowest BCUT2D eigenvalue weighted by atomic mass is 9.96. The van der Waals surface area contributed by atoms with Gasteiger partial charge in [-0.25, -0.2) is 0 Å². The number of aromatic nitrogens is 2. The zero-order chi connectivity index (χ0) is 13.8. The molecule has 5 heteroatoms. The third-order valence-corrected chi connectivity index (χ3v) is 5.95. The van der Waals surface area contributed by atoms with Gasteiger partial charge in [0.15, 0.2) is 0 Å². The Hall–Kier alpha value is -0.680. The van der Waals surface area contributed by atoms with Crippen molar-refractivity contribution in [3.63, 3.8) is 0 Å². The Morgan fingerprint density at radius 3 is 2.70 bits per heavy atom. The van der Waals surface area contributed by atoms with Crippen LogP contribution in [0.1, 0.15) is 56.7 Å². The highest BCUT2D eigenvalue weighted by atomic mass is 32.2. The average Bonchev–Trinajstić information content (AvgIpc) is 2.97. The summed E-state index contributed by atoms with van der Waals surface area (Å²) in [5, 5.41) is 8.29. The summed E-state index contributed by atoms with van der Waals surface area (Å²) in [6.07, 6.45) is 10.9. The number of nitrogens with zero attached hydrogens (tertiary/aromatic N) is 2. The van der Waals surface area contributed by atoms with Gasteiger partial charge in [-0.2, -0.15) is 5.10 Å². The molecule has 0 atom stereocenters. The molecule has 0 bridgehead atoms. The summed E-state index contributed by atoms with van der Waals surface area (Å²) in [5.74, 6) is 1.71. The average molecular weight is 295 g/mol. The second kappa shape index (κ2) is 6.85. The minimum Gasteiger partial charge on any atom is -0.308 e. The van der Waals surface area contributed by atoms with Crippen LogP contribution in [0.4, 0.5) is 0 Å². The minimum atomic E-state index is -0.568. The predicted octanol–water partition coefficient (Wildman–Crippen LogP) is 2.39. The molecule has 1 aliphatic heterocycles. The van der Waals surface area contributed by atoms with Crippen LogP contribution < -0.4 is 5.32 Å². The summed E-state index contributed by atoms with van der Waals surface area (Å²) < 4.78 is 13.5. The number of rotatable bonds is 4. The summed E-state index contributed by atoms with van der Waals surface area (Å²) in [6, 6.07) is 3.28. The van der Waals surface area contributed by atoms with Crippen molar-refractivity contribution in [2.24, 2.45) is 0 Å². The first-order chi connectivity index (χ1) is 9.81. The Morgan fingerprint density at radius 2 is 1.95 bits per heavy atom. The molecule has 112 valence electrons. The quantitative estimate of drug-likeness (QED) is 0.928. The maximum Gasteiger partial charge on any atom is 0.0762 e. The van der Waals surface area contributed by atoms with Gasteiger partial charge in [-0.05, 0) is 31.7 Å². The molecule has 0 amide bonds. The smallest absolute Gasteiger partial charge is 0.0762 e. The van der Waals surface area contributed by atoms with Crippen molar-refractivity contribution >= 4 is 10.8 Å². The molecule has 2 heterocycles. The Bertz CT molecular complexity index is 444. The van der Waals surface area contributed by atoms with Crippen molar-refractivity contribution < 1.29 is 4.21 Å². The second-order valence-corrected chi connectivity index (χ2v) is 7.78. The fourth-order valence-corrected chi connectivity index (χ4v) is 4.57. The predicted molar refractivity (Wildman–Crippen MR) is 82.1 cm³/mol. The van der Waals surface area contributed by atoms with E-state index in [9.17, 15) is 4.21 Å². The first-order valence-electron chi connectivity index (χ1n) is 7.93. The molecule has 0 radical (unpaired) electrons. The van der Waals surface area contributed by atoms with Gasteiger partial charge < -0.3 is 5.32 Å². The topological polar surface area (TPSA) is 46.9 Å². The molecule has 0 aromatic carbocycles. The van der Waals surface area contributed by atoms with E-state index >= 15 is 0 Å². The van der Waals surface area contributed by atoms with Crippen molar-refractivity contribution in [2.45, 2.75) is 63.6 Å². The molecular weight excluding hydrogens is 270 g/mol. The summed E-state index contributed by atoms with van der Waals surface area (Å²) in [6.45, 7) is 0.844. The van der Waals surface area contributed by atoms with Crippen LogP contribution in [0.25, 0.3) is 0 Å². The van der Waals surface area contributed by atoms with Gasteiger partial charge in [0.2, 0.25) is 0 Å². The Labute approximate surface area is 123 Å². The molecular formula is C15H25N3OS. The van der Waals surface area contributed by atoms with E-state index in [0.29, 0.717) is 12.1 Å². The van der Waals surface area contributed by atoms with Gasteiger partial charge in [-0.1, -0.05) is 19.3 Å². The normalized spacial score (nSPS) is 28.6. The Balaban J connectivity index is 1.48. The molecule has 2 fully saturated rings. The van der Waals surface area contributed by atoms with E-state index < -0.39 is 10.8 Å². The minimum absolute atomic E-state index is 0.521. The maximum atomic E-state index is 11.3. The van der Waals surface area contributed by atoms with E-state index in [1.165, 1.54) is 32.1 Å². The lowest BCUT2D eigenvalue weighted by molar-refractivity contribution is 0.327. The van der Waals surface area contributed by atoms with Crippen molar-refractivity contribution in [2.75, 3.05) is 11.5 Å². The highest BCUT2D eigenvalue weighted by Crippen LogP contribution is 2.27. The molecule has 20 heavy (non-hydrogen) atoms. The van der Waals surface area contributed by atoms with Gasteiger partial charge >= 0.3 is 0 Å². The van der Waals surface area contributed by atoms with E-state index in [-0.39, 0.29) is 0 Å². The molecule has 1 N–H and O–H groups in total. The summed E-state index contributed by atoms with van der Waals surface area (Å²) in [7, 11) is -0.568. The van der Waals surface area contributed by atoms with E-state index in [1.807, 2.05) is 0 Å². The van der Waals surface area contributed by atoms with Gasteiger partial charge in [0, 0.05) is 41.1 Å². The van der Waals surface area contributed by atoms with E-state index in [1.54, 1.807) is 0 Å². The summed E-state index contributed by atoms with van der Waals surface area (Å²) in [5.41, 5.74) is 1.14. The molecule has 1 saturated carbocycles. The number of hydrogen-bond acceptors (Lipinski definition) is 3. The molecule has 1 aromatic rings. The summed E-state index contributed by atoms with van der Waals surface area (Å²) >= 11 is 0. The van der Waals surface area contributed by atoms with Crippen LogP contribution in [-0.4, -0.2) is 31.5 Å². The lowest BCUT2D eigenvalue weighted by Crippen LogP contribution is -2.35. The van der Waals surface area contributed by atoms with Crippen molar-refractivity contribution in [3.05, 3.63) is 18.0 Å². The van der Waals surface area contributed by atoms with Crippen LogP contribution in [0.5, 0.6) is 0 Å². The largest absolute Gasteiger partial charge is 0.308 e. The van der Waals surface area contributed by atoms with Crippen LogP contribution in [0.3, 0.4) is 0 Å². The third-order valence-electron chi connectivity index (χ3n) is 4.57. The van der Waals surface area contributed by atoms with Gasteiger partial charge in [-0.15, -0.1) is 0 Å². The molecule has 3 rings (SSSR count). The molecule has 1 aromatic heterocycles. The van der Waals surface area contributed by atoms with Crippen molar-refractivity contribution in [1.29, 1.82) is 0 Å². The summed E-state index contributed by atoms with van der Waals surface area (Å²) in [4.78, 5) is 0. The van der Waals surface area contributed by atoms with Crippen LogP contribution >= 0.6 is 0 Å². The third kappa shape index (κ3) is 3.70. The molecule has 0 unspecified atom stereocenters. The van der Waals surface area contributed by atoms with Crippen LogP contribution in [0, 0.1) is 0 Å². The van der Waals surface area contributed by atoms with Crippen LogP contribution in [-0.2, 0) is 17.3 Å². The Kier molecular flexibility index (Phi) is 4.89. The monoisotopic (exact) mass is 295 g/mol. The zero-order valence-corrected chi connectivity index (χ0v) is 12.9. The number of hydrogen-bond donors (Lipinski definition) is 1. The first kappa shape index (κ1) is 14.3. The molecule has 4 nitrogen and oxygen atoms in total. The lowest BCUT2D eigenvalue weighted by Gasteiger charge is -2.22. The van der Waals surface area contributed by atoms with Gasteiger partial charge in [-0.3, -0.25) is 8.89 Å². The molecule has 1 aliphatic carbocycles. The maximum absolute atomic E-state index is 11.3. The fourth-order valence-electron chi connectivity index (χ4n) is 3.27. The van der Waals surface area contributed by atoms with E-state index in [0.717, 1.165) is 36.6 Å². The van der Waals surface area contributed by atoms with Crippen molar-refractivity contribution in [1.82, 2.24) is 15.1 Å². The molecule has 0 spiro atoms. The molecule has 2 aliphatic rings. The van der Waals surface area contributed by atoms with Crippen LogP contribution in [0.2, 0.25) is 0 Å². The fraction of sp³-hybridized carbons (Fsp3) is 0.800. The van der Waals surface area contributed by atoms with Gasteiger partial charge in [0.25, 0.3) is 0 Å². The standard InChI is InChI=1S/C15H25N3OS/c19-20-10-7-13(8-11-20)16-12-14-6-9-18(17-14)15-4-2-1-3-5-15/h6,9,13,15-16H,1-5,7-8,10-12H2. The van der Waals surface area contributed by atoms with Crippen molar-refractivity contribution in [3.8, 4) is 0 Å². The first-order valence-corrected chi connectivity index (χ1v) is 9.42. The van der Waals surface area contributed by atoms with Gasteiger partial charge in [0.1, 0.15) is 0 Å². The second-order valence-electron chi connectivity index (χ2n) is 6.08. The number of nitrogens with one attached hydrogen (secondary N) is 1. The van der Waals surface area contributed by atoms with Crippen LogP contribution in [0.15, 0.2) is 12.3 Å². The SMILES string of the molecule is O=S1CCC(NCc2ccn(C3CCCCC3)n2)CC1. The zero-order valence-electron chi connectivity index (χ0n) is 12.1. The van der Waals surface area contributed by atoms with E-state index in [4.69, 9.17) is 5.10 Å². The highest BCUT2D eigenvalue weighted by Gasteiger charge is 2.18. The molecule has 1 saturated heterocycles. The van der Waals surface area contributed by atoms with Gasteiger partial charge in [0.05, 0.1) is 11.7 Å². The van der Waals surface area contributed by atoms with E-state index in [2.05, 4.69) is 22.3 Å².